The Hall–Kier alpha value is -1.65. The van der Waals surface area contributed by atoms with Gasteiger partial charge in [-0.15, -0.1) is 0 Å². The molecule has 3 rings (SSSR count). The third-order valence-electron chi connectivity index (χ3n) is 4.36. The van der Waals surface area contributed by atoms with Crippen LogP contribution >= 0.6 is 0 Å². The molecule has 1 aliphatic heterocycles. The molecule has 0 saturated carbocycles. The number of rotatable bonds is 5. The number of hydrogen-bond acceptors (Lipinski definition) is 2. The minimum atomic E-state index is -1.10. The van der Waals surface area contributed by atoms with Crippen LogP contribution in [0.3, 0.4) is 0 Å². The van der Waals surface area contributed by atoms with Crippen LogP contribution in [0.5, 0.6) is 0 Å². The second kappa shape index (κ2) is 6.85. The Labute approximate surface area is 138 Å². The quantitative estimate of drug-likeness (QED) is 0.911. The van der Waals surface area contributed by atoms with E-state index < -0.39 is 5.67 Å². The molecular weight excluding hydrogens is 289 g/mol. The van der Waals surface area contributed by atoms with Crippen LogP contribution in [0.1, 0.15) is 19.4 Å². The molecule has 0 bridgehead atoms. The van der Waals surface area contributed by atoms with Crippen LogP contribution in [0.25, 0.3) is 11.1 Å². The Morgan fingerprint density at radius 1 is 0.957 bits per heavy atom. The SMILES string of the molecule is CC(C)(F)CN1CCN(Cc2ccc(-c3cc[nH]c3)cc2)CC1. The number of aromatic nitrogens is 1. The van der Waals surface area contributed by atoms with Gasteiger partial charge in [0.25, 0.3) is 0 Å². The molecule has 0 aliphatic carbocycles. The summed E-state index contributed by atoms with van der Waals surface area (Å²) in [5.41, 5.74) is 2.70. The van der Waals surface area contributed by atoms with Gasteiger partial charge in [-0.3, -0.25) is 9.80 Å². The van der Waals surface area contributed by atoms with Gasteiger partial charge in [-0.25, -0.2) is 4.39 Å². The number of alkyl halides is 1. The lowest BCUT2D eigenvalue weighted by atomic mass is 10.1. The molecule has 1 aliphatic rings. The fraction of sp³-hybridized carbons (Fsp3) is 0.474. The zero-order valence-corrected chi connectivity index (χ0v) is 14.1. The Kier molecular flexibility index (Phi) is 4.83. The smallest absolute Gasteiger partial charge is 0.118 e. The van der Waals surface area contributed by atoms with Crippen molar-refractivity contribution in [2.75, 3.05) is 32.7 Å². The summed E-state index contributed by atoms with van der Waals surface area (Å²) in [4.78, 5) is 7.77. The van der Waals surface area contributed by atoms with E-state index >= 15 is 0 Å². The second-order valence-electron chi connectivity index (χ2n) is 7.07. The summed E-state index contributed by atoms with van der Waals surface area (Å²) in [6.07, 6.45) is 3.96. The minimum Gasteiger partial charge on any atom is -0.367 e. The maximum atomic E-state index is 13.7. The topological polar surface area (TPSA) is 22.3 Å². The van der Waals surface area contributed by atoms with Crippen LogP contribution in [0.2, 0.25) is 0 Å². The van der Waals surface area contributed by atoms with Gasteiger partial charge < -0.3 is 4.98 Å². The summed E-state index contributed by atoms with van der Waals surface area (Å²) >= 11 is 0. The van der Waals surface area contributed by atoms with E-state index in [1.54, 1.807) is 13.8 Å². The first-order valence-electron chi connectivity index (χ1n) is 8.35. The molecular formula is C19H26FN3. The normalized spacial score (nSPS) is 17.5. The van der Waals surface area contributed by atoms with Crippen molar-refractivity contribution in [3.8, 4) is 11.1 Å². The second-order valence-corrected chi connectivity index (χ2v) is 7.07. The number of piperazine rings is 1. The highest BCUT2D eigenvalue weighted by Crippen LogP contribution is 2.20. The van der Waals surface area contributed by atoms with Gasteiger partial charge in [0.1, 0.15) is 5.67 Å². The minimum absolute atomic E-state index is 0.534. The van der Waals surface area contributed by atoms with Crippen molar-refractivity contribution in [2.45, 2.75) is 26.1 Å². The van der Waals surface area contributed by atoms with Crippen LogP contribution in [0.15, 0.2) is 42.7 Å². The lowest BCUT2D eigenvalue weighted by Gasteiger charge is -2.36. The molecule has 0 atom stereocenters. The fourth-order valence-corrected chi connectivity index (χ4v) is 3.20. The molecule has 0 spiro atoms. The highest BCUT2D eigenvalue weighted by atomic mass is 19.1. The molecule has 1 saturated heterocycles. The van der Waals surface area contributed by atoms with Gasteiger partial charge in [0.2, 0.25) is 0 Å². The van der Waals surface area contributed by atoms with Crippen molar-refractivity contribution >= 4 is 0 Å². The van der Waals surface area contributed by atoms with E-state index in [1.165, 1.54) is 16.7 Å². The van der Waals surface area contributed by atoms with Crippen molar-refractivity contribution in [3.63, 3.8) is 0 Å². The molecule has 4 heteroatoms. The average molecular weight is 315 g/mol. The monoisotopic (exact) mass is 315 g/mol. The van der Waals surface area contributed by atoms with Crippen LogP contribution in [-0.2, 0) is 6.54 Å². The molecule has 2 aromatic rings. The molecule has 23 heavy (non-hydrogen) atoms. The maximum Gasteiger partial charge on any atom is 0.118 e. The van der Waals surface area contributed by atoms with Crippen LogP contribution < -0.4 is 0 Å². The van der Waals surface area contributed by atoms with Gasteiger partial charge in [0.05, 0.1) is 0 Å². The van der Waals surface area contributed by atoms with Crippen molar-refractivity contribution < 1.29 is 4.39 Å². The van der Waals surface area contributed by atoms with Crippen LogP contribution in [0, 0.1) is 0 Å². The van der Waals surface area contributed by atoms with Crippen molar-refractivity contribution in [1.29, 1.82) is 0 Å². The molecule has 0 radical (unpaired) electrons. The molecule has 0 amide bonds. The van der Waals surface area contributed by atoms with Gasteiger partial charge in [0.15, 0.2) is 0 Å². The third-order valence-corrected chi connectivity index (χ3v) is 4.36. The summed E-state index contributed by atoms with van der Waals surface area (Å²) < 4.78 is 13.7. The van der Waals surface area contributed by atoms with Gasteiger partial charge in [-0.2, -0.15) is 0 Å². The third kappa shape index (κ3) is 4.66. The van der Waals surface area contributed by atoms with Gasteiger partial charge in [-0.1, -0.05) is 24.3 Å². The Morgan fingerprint density at radius 2 is 1.61 bits per heavy atom. The highest BCUT2D eigenvalue weighted by Gasteiger charge is 2.24. The lowest BCUT2D eigenvalue weighted by Crippen LogP contribution is -2.49. The van der Waals surface area contributed by atoms with Crippen molar-refractivity contribution in [3.05, 3.63) is 48.3 Å². The number of H-pyrrole nitrogens is 1. The molecule has 0 unspecified atom stereocenters. The van der Waals surface area contributed by atoms with Gasteiger partial charge in [0, 0.05) is 51.7 Å². The summed E-state index contributed by atoms with van der Waals surface area (Å²) in [5.74, 6) is 0. The highest BCUT2D eigenvalue weighted by molar-refractivity contribution is 5.62. The lowest BCUT2D eigenvalue weighted by molar-refractivity contribution is 0.0732. The molecule has 1 N–H and O–H groups in total. The number of benzene rings is 1. The number of halogens is 1. The van der Waals surface area contributed by atoms with Gasteiger partial charge in [-0.05, 0) is 36.6 Å². The van der Waals surface area contributed by atoms with Crippen LogP contribution in [-0.4, -0.2) is 53.2 Å². The first-order valence-corrected chi connectivity index (χ1v) is 8.35. The standard InChI is InChI=1S/C19H26FN3/c1-19(2,20)15-23-11-9-22(10-12-23)14-16-3-5-17(6-4-16)18-7-8-21-13-18/h3-8,13,21H,9-12,14-15H2,1-2H3. The van der Waals surface area contributed by atoms with E-state index in [0.717, 1.165) is 32.7 Å². The van der Waals surface area contributed by atoms with E-state index in [0.29, 0.717) is 6.54 Å². The Morgan fingerprint density at radius 3 is 2.17 bits per heavy atom. The zero-order valence-electron chi connectivity index (χ0n) is 14.1. The van der Waals surface area contributed by atoms with Gasteiger partial charge >= 0.3 is 0 Å². The fourth-order valence-electron chi connectivity index (χ4n) is 3.20. The summed E-state index contributed by atoms with van der Waals surface area (Å²) in [7, 11) is 0. The predicted molar refractivity (Wildman–Crippen MR) is 93.1 cm³/mol. The van der Waals surface area contributed by atoms with Crippen molar-refractivity contribution in [2.24, 2.45) is 0 Å². The first kappa shape index (κ1) is 16.2. The molecule has 1 aromatic heterocycles. The maximum absolute atomic E-state index is 13.7. The molecule has 124 valence electrons. The summed E-state index contributed by atoms with van der Waals surface area (Å²) in [5, 5.41) is 0. The van der Waals surface area contributed by atoms with Crippen molar-refractivity contribution in [1.82, 2.24) is 14.8 Å². The molecule has 3 nitrogen and oxygen atoms in total. The summed E-state index contributed by atoms with van der Waals surface area (Å²) in [6, 6.07) is 10.9. The van der Waals surface area contributed by atoms with E-state index in [1.807, 2.05) is 12.4 Å². The Bertz CT molecular complexity index is 591. The van der Waals surface area contributed by atoms with E-state index in [9.17, 15) is 4.39 Å². The number of hydrogen-bond donors (Lipinski definition) is 1. The first-order chi connectivity index (χ1) is 11.0. The van der Waals surface area contributed by atoms with E-state index in [2.05, 4.69) is 45.1 Å². The predicted octanol–water partition coefficient (Wildman–Crippen LogP) is 3.55. The molecule has 2 heterocycles. The van der Waals surface area contributed by atoms with E-state index in [-0.39, 0.29) is 0 Å². The number of aromatic amines is 1. The summed E-state index contributed by atoms with van der Waals surface area (Å²) in [6.45, 7) is 8.75. The molecule has 1 fully saturated rings. The zero-order chi connectivity index (χ0) is 16.3. The largest absolute Gasteiger partial charge is 0.367 e. The molecule has 1 aromatic carbocycles. The number of nitrogens with zero attached hydrogens (tertiary/aromatic N) is 2. The Balaban J connectivity index is 1.51. The number of nitrogens with one attached hydrogen (secondary N) is 1. The van der Waals surface area contributed by atoms with Crippen LogP contribution in [0.4, 0.5) is 4.39 Å². The average Bonchev–Trinajstić information content (AvgIpc) is 3.03. The van der Waals surface area contributed by atoms with E-state index in [4.69, 9.17) is 0 Å².